The zero-order valence-electron chi connectivity index (χ0n) is 8.27. The molecule has 0 fully saturated rings. The van der Waals surface area contributed by atoms with Gasteiger partial charge in [0.05, 0.1) is 20.8 Å². The molecule has 0 saturated heterocycles. The molecule has 0 radical (unpaired) electrons. The quantitative estimate of drug-likeness (QED) is 0.568. The molecule has 1 atom stereocenters. The molecule has 0 aliphatic carbocycles. The van der Waals surface area contributed by atoms with Crippen LogP contribution < -0.4 is 10.6 Å². The molecule has 86 valence electrons. The van der Waals surface area contributed by atoms with Gasteiger partial charge < -0.3 is 25.2 Å². The minimum absolute atomic E-state index is 0.295. The fraction of sp³-hybridized carbons (Fsp3) is 0.571. The van der Waals surface area contributed by atoms with E-state index in [-0.39, 0.29) is 6.54 Å². The van der Waals surface area contributed by atoms with E-state index in [2.05, 4.69) is 14.8 Å². The number of carbonyl (C=O) groups is 3. The number of methoxy groups -OCH3 is 2. The second kappa shape index (κ2) is 6.46. The third kappa shape index (κ3) is 5.34. The number of alkyl carbamates (subject to hydrolysis) is 2. The van der Waals surface area contributed by atoms with Crippen LogP contribution in [0.5, 0.6) is 0 Å². The van der Waals surface area contributed by atoms with Gasteiger partial charge in [-0.3, -0.25) is 0 Å². The lowest BCUT2D eigenvalue weighted by atomic mass is 10.3. The molecule has 0 bridgehead atoms. The maximum absolute atomic E-state index is 10.7. The average molecular weight is 220 g/mol. The van der Waals surface area contributed by atoms with Gasteiger partial charge in [-0.15, -0.1) is 0 Å². The van der Waals surface area contributed by atoms with Gasteiger partial charge in [-0.25, -0.2) is 14.4 Å². The Hall–Kier alpha value is -1.99. The van der Waals surface area contributed by atoms with Crippen LogP contribution in [0.4, 0.5) is 9.59 Å². The Balaban J connectivity index is 4.11. The first-order valence-corrected chi connectivity index (χ1v) is 3.90. The Morgan fingerprint density at radius 3 is 2.13 bits per heavy atom. The Kier molecular flexibility index (Phi) is 5.60. The van der Waals surface area contributed by atoms with Gasteiger partial charge >= 0.3 is 18.2 Å². The Morgan fingerprint density at radius 2 is 1.73 bits per heavy atom. The summed E-state index contributed by atoms with van der Waals surface area (Å²) in [6.45, 7) is -0.295. The van der Waals surface area contributed by atoms with Crippen LogP contribution in [-0.4, -0.2) is 50.1 Å². The molecule has 0 spiro atoms. The summed E-state index contributed by atoms with van der Waals surface area (Å²) in [5, 5.41) is 12.8. The summed E-state index contributed by atoms with van der Waals surface area (Å²) in [5.41, 5.74) is 0. The monoisotopic (exact) mass is 220 g/mol. The predicted molar refractivity (Wildman–Crippen MR) is 47.4 cm³/mol. The van der Waals surface area contributed by atoms with Crippen molar-refractivity contribution in [2.24, 2.45) is 0 Å². The van der Waals surface area contributed by atoms with E-state index in [4.69, 9.17) is 5.11 Å². The third-order valence-corrected chi connectivity index (χ3v) is 1.41. The highest BCUT2D eigenvalue weighted by Gasteiger charge is 2.20. The number of ether oxygens (including phenoxy) is 2. The molecule has 0 aliphatic rings. The van der Waals surface area contributed by atoms with Gasteiger partial charge in [-0.1, -0.05) is 0 Å². The molecule has 0 saturated carbocycles. The topological polar surface area (TPSA) is 114 Å². The van der Waals surface area contributed by atoms with E-state index in [1.54, 1.807) is 0 Å². The third-order valence-electron chi connectivity index (χ3n) is 1.41. The summed E-state index contributed by atoms with van der Waals surface area (Å²) >= 11 is 0. The molecule has 0 aromatic heterocycles. The lowest BCUT2D eigenvalue weighted by Gasteiger charge is -2.13. The molecule has 0 aliphatic heterocycles. The van der Waals surface area contributed by atoms with Crippen LogP contribution in [0.25, 0.3) is 0 Å². The molecular formula is C7H12N2O6. The summed E-state index contributed by atoms with van der Waals surface area (Å²) in [6.07, 6.45) is -1.68. The SMILES string of the molecule is COC(=O)NCC(NC(=O)OC)C(=O)O. The number of carbonyl (C=O) groups excluding carboxylic acids is 2. The van der Waals surface area contributed by atoms with Crippen molar-refractivity contribution < 1.29 is 29.0 Å². The fourth-order valence-corrected chi connectivity index (χ4v) is 0.659. The number of carboxylic acids is 1. The van der Waals surface area contributed by atoms with Crippen LogP contribution in [0.2, 0.25) is 0 Å². The standard InChI is InChI=1S/C7H12N2O6/c1-14-6(12)8-3-4(5(10)11)9-7(13)15-2/h4H,3H2,1-2H3,(H,8,12)(H,9,13)(H,10,11). The maximum atomic E-state index is 10.7. The van der Waals surface area contributed by atoms with Crippen LogP contribution in [0.3, 0.4) is 0 Å². The van der Waals surface area contributed by atoms with Gasteiger partial charge in [0.15, 0.2) is 0 Å². The number of amides is 2. The molecule has 8 heteroatoms. The van der Waals surface area contributed by atoms with E-state index in [0.717, 1.165) is 14.2 Å². The van der Waals surface area contributed by atoms with E-state index in [0.29, 0.717) is 0 Å². The number of hydrogen-bond donors (Lipinski definition) is 3. The number of aliphatic carboxylic acids is 1. The van der Waals surface area contributed by atoms with Gasteiger partial charge in [0.25, 0.3) is 0 Å². The van der Waals surface area contributed by atoms with Crippen LogP contribution in [0, 0.1) is 0 Å². The maximum Gasteiger partial charge on any atom is 0.407 e. The smallest absolute Gasteiger partial charge is 0.407 e. The van der Waals surface area contributed by atoms with Crippen molar-refractivity contribution in [2.45, 2.75) is 6.04 Å². The molecule has 15 heavy (non-hydrogen) atoms. The Morgan fingerprint density at radius 1 is 1.20 bits per heavy atom. The first kappa shape index (κ1) is 13.0. The number of rotatable bonds is 4. The summed E-state index contributed by atoms with van der Waals surface area (Å²) in [7, 11) is 2.24. The lowest BCUT2D eigenvalue weighted by Crippen LogP contribution is -2.48. The van der Waals surface area contributed by atoms with Crippen LogP contribution in [-0.2, 0) is 14.3 Å². The van der Waals surface area contributed by atoms with Crippen molar-refractivity contribution in [1.82, 2.24) is 10.6 Å². The summed E-state index contributed by atoms with van der Waals surface area (Å²) in [5.74, 6) is -1.29. The zero-order chi connectivity index (χ0) is 11.8. The Bertz CT molecular complexity index is 254. The van der Waals surface area contributed by atoms with Gasteiger partial charge in [0.1, 0.15) is 6.04 Å². The van der Waals surface area contributed by atoms with Crippen molar-refractivity contribution in [3.8, 4) is 0 Å². The van der Waals surface area contributed by atoms with Crippen molar-refractivity contribution in [3.05, 3.63) is 0 Å². The largest absolute Gasteiger partial charge is 0.480 e. The summed E-state index contributed by atoms with van der Waals surface area (Å²) in [6, 6.07) is -1.27. The van der Waals surface area contributed by atoms with Crippen molar-refractivity contribution in [1.29, 1.82) is 0 Å². The molecule has 8 nitrogen and oxygen atoms in total. The van der Waals surface area contributed by atoms with Crippen LogP contribution >= 0.6 is 0 Å². The average Bonchev–Trinajstić information content (AvgIpc) is 2.22. The second-order valence-corrected chi connectivity index (χ2v) is 2.40. The molecule has 2 amide bonds. The normalized spacial score (nSPS) is 11.1. The van der Waals surface area contributed by atoms with E-state index in [1.807, 2.05) is 5.32 Å². The molecular weight excluding hydrogens is 208 g/mol. The number of carboxylic acid groups (broad SMARTS) is 1. The molecule has 0 rings (SSSR count). The van der Waals surface area contributed by atoms with Crippen molar-refractivity contribution in [2.75, 3.05) is 20.8 Å². The molecule has 0 aromatic carbocycles. The van der Waals surface area contributed by atoms with Gasteiger partial charge in [-0.2, -0.15) is 0 Å². The van der Waals surface area contributed by atoms with Crippen LogP contribution in [0.15, 0.2) is 0 Å². The van der Waals surface area contributed by atoms with Crippen molar-refractivity contribution >= 4 is 18.2 Å². The molecule has 0 heterocycles. The van der Waals surface area contributed by atoms with Gasteiger partial charge in [0, 0.05) is 0 Å². The lowest BCUT2D eigenvalue weighted by molar-refractivity contribution is -0.139. The summed E-state index contributed by atoms with van der Waals surface area (Å²) < 4.78 is 8.43. The van der Waals surface area contributed by atoms with Crippen molar-refractivity contribution in [3.63, 3.8) is 0 Å². The minimum atomic E-state index is -1.29. The van der Waals surface area contributed by atoms with E-state index >= 15 is 0 Å². The van der Waals surface area contributed by atoms with E-state index in [9.17, 15) is 14.4 Å². The first-order valence-electron chi connectivity index (χ1n) is 3.90. The second-order valence-electron chi connectivity index (χ2n) is 2.40. The predicted octanol–water partition coefficient (Wildman–Crippen LogP) is -0.848. The highest BCUT2D eigenvalue weighted by Crippen LogP contribution is 1.85. The van der Waals surface area contributed by atoms with Gasteiger partial charge in [-0.05, 0) is 0 Å². The first-order chi connectivity index (χ1) is 7.01. The minimum Gasteiger partial charge on any atom is -0.480 e. The fourth-order valence-electron chi connectivity index (χ4n) is 0.659. The van der Waals surface area contributed by atoms with E-state index < -0.39 is 24.2 Å². The Labute approximate surface area is 85.5 Å². The molecule has 3 N–H and O–H groups in total. The van der Waals surface area contributed by atoms with E-state index in [1.165, 1.54) is 0 Å². The highest BCUT2D eigenvalue weighted by molar-refractivity contribution is 5.80. The summed E-state index contributed by atoms with van der Waals surface area (Å²) in [4.78, 5) is 31.9. The molecule has 0 aromatic rings. The van der Waals surface area contributed by atoms with Gasteiger partial charge in [0.2, 0.25) is 0 Å². The highest BCUT2D eigenvalue weighted by atomic mass is 16.5. The number of nitrogens with one attached hydrogen (secondary N) is 2. The zero-order valence-corrected chi connectivity index (χ0v) is 8.27. The number of hydrogen-bond acceptors (Lipinski definition) is 5. The van der Waals surface area contributed by atoms with Crippen LogP contribution in [0.1, 0.15) is 0 Å². The molecule has 1 unspecified atom stereocenters.